The van der Waals surface area contributed by atoms with Crippen LogP contribution in [0.5, 0.6) is 0 Å². The monoisotopic (exact) mass is 254 g/mol. The SMILES string of the molecule is COC(=O)CC1=COC([C@@H]2CC(=O)CC2(C)C)O1. The number of Topliss-reactive ketones (excluding diaryl/α,β-unsaturated/α-hetero) is 1. The second-order valence-corrected chi connectivity index (χ2v) is 5.47. The van der Waals surface area contributed by atoms with E-state index in [9.17, 15) is 9.59 Å². The van der Waals surface area contributed by atoms with Crippen molar-refractivity contribution in [2.75, 3.05) is 7.11 Å². The molecule has 2 aliphatic rings. The summed E-state index contributed by atoms with van der Waals surface area (Å²) in [7, 11) is 1.33. The Bertz CT molecular complexity index is 396. The van der Waals surface area contributed by atoms with Gasteiger partial charge >= 0.3 is 5.97 Å². The predicted octanol–water partition coefficient (Wildman–Crippen LogP) is 1.77. The average Bonchev–Trinajstić information content (AvgIpc) is 2.82. The van der Waals surface area contributed by atoms with Gasteiger partial charge in [-0.25, -0.2) is 0 Å². The molecule has 0 radical (unpaired) electrons. The molecule has 0 amide bonds. The minimum absolute atomic E-state index is 0.0244. The number of carbonyl (C=O) groups is 2. The van der Waals surface area contributed by atoms with Crippen LogP contribution in [0.1, 0.15) is 33.1 Å². The van der Waals surface area contributed by atoms with Crippen LogP contribution in [0, 0.1) is 11.3 Å². The fourth-order valence-corrected chi connectivity index (χ4v) is 2.52. The first-order chi connectivity index (χ1) is 8.42. The molecular formula is C13H18O5. The lowest BCUT2D eigenvalue weighted by Gasteiger charge is -2.29. The number of rotatable bonds is 3. The Hall–Kier alpha value is -1.52. The normalized spacial score (nSPS) is 29.5. The largest absolute Gasteiger partial charge is 0.469 e. The molecule has 0 aromatic heterocycles. The second kappa shape index (κ2) is 4.63. The fourth-order valence-electron chi connectivity index (χ4n) is 2.52. The van der Waals surface area contributed by atoms with Gasteiger partial charge in [-0.3, -0.25) is 9.59 Å². The maximum absolute atomic E-state index is 11.5. The molecule has 5 nitrogen and oxygen atoms in total. The molecule has 1 saturated carbocycles. The molecule has 0 aromatic rings. The van der Waals surface area contributed by atoms with Gasteiger partial charge in [-0.2, -0.15) is 0 Å². The zero-order valence-corrected chi connectivity index (χ0v) is 10.9. The van der Waals surface area contributed by atoms with E-state index in [1.165, 1.54) is 13.4 Å². The average molecular weight is 254 g/mol. The third-order valence-electron chi connectivity index (χ3n) is 3.58. The molecule has 2 atom stereocenters. The molecule has 1 fully saturated rings. The highest BCUT2D eigenvalue weighted by Crippen LogP contribution is 2.45. The highest BCUT2D eigenvalue weighted by molar-refractivity contribution is 5.82. The van der Waals surface area contributed by atoms with Crippen molar-refractivity contribution in [1.82, 2.24) is 0 Å². The zero-order chi connectivity index (χ0) is 13.3. The Labute approximate surface area is 106 Å². The summed E-state index contributed by atoms with van der Waals surface area (Å²) in [4.78, 5) is 22.7. The van der Waals surface area contributed by atoms with Crippen LogP contribution in [0.25, 0.3) is 0 Å². The highest BCUT2D eigenvalue weighted by atomic mass is 16.7. The van der Waals surface area contributed by atoms with Crippen LogP contribution in [0.3, 0.4) is 0 Å². The second-order valence-electron chi connectivity index (χ2n) is 5.47. The van der Waals surface area contributed by atoms with Crippen molar-refractivity contribution in [3.05, 3.63) is 12.0 Å². The van der Waals surface area contributed by atoms with E-state index in [0.29, 0.717) is 18.6 Å². The van der Waals surface area contributed by atoms with Gasteiger partial charge in [0, 0.05) is 18.8 Å². The number of esters is 1. The van der Waals surface area contributed by atoms with Crippen molar-refractivity contribution in [2.24, 2.45) is 11.3 Å². The smallest absolute Gasteiger partial charge is 0.313 e. The summed E-state index contributed by atoms with van der Waals surface area (Å²) in [6.45, 7) is 4.07. The quantitative estimate of drug-likeness (QED) is 0.718. The van der Waals surface area contributed by atoms with Crippen molar-refractivity contribution in [3.8, 4) is 0 Å². The molecule has 0 saturated heterocycles. The van der Waals surface area contributed by atoms with Crippen LogP contribution < -0.4 is 0 Å². The molecule has 5 heteroatoms. The lowest BCUT2D eigenvalue weighted by molar-refractivity contribution is -0.142. The maximum atomic E-state index is 11.5. The van der Waals surface area contributed by atoms with Crippen molar-refractivity contribution in [1.29, 1.82) is 0 Å². The van der Waals surface area contributed by atoms with Gasteiger partial charge in [-0.1, -0.05) is 13.8 Å². The fraction of sp³-hybridized carbons (Fsp3) is 0.692. The number of ether oxygens (including phenoxy) is 3. The number of hydrogen-bond donors (Lipinski definition) is 0. The van der Waals surface area contributed by atoms with E-state index < -0.39 is 6.29 Å². The van der Waals surface area contributed by atoms with Gasteiger partial charge in [0.25, 0.3) is 0 Å². The first-order valence-electron chi connectivity index (χ1n) is 6.02. The first kappa shape index (κ1) is 12.9. The lowest BCUT2D eigenvalue weighted by Crippen LogP contribution is -2.30. The van der Waals surface area contributed by atoms with Gasteiger partial charge in [0.05, 0.1) is 7.11 Å². The molecule has 0 spiro atoms. The van der Waals surface area contributed by atoms with Gasteiger partial charge in [-0.05, 0) is 5.41 Å². The molecule has 100 valence electrons. The summed E-state index contributed by atoms with van der Waals surface area (Å²) in [5.74, 6) is 0.351. The molecule has 18 heavy (non-hydrogen) atoms. The Kier molecular flexibility index (Phi) is 3.32. The Balaban J connectivity index is 1.95. The van der Waals surface area contributed by atoms with Crippen LogP contribution in [0.4, 0.5) is 0 Å². The minimum atomic E-state index is -0.467. The van der Waals surface area contributed by atoms with Crippen LogP contribution >= 0.6 is 0 Å². The summed E-state index contributed by atoms with van der Waals surface area (Å²) in [6, 6.07) is 0. The van der Waals surface area contributed by atoms with E-state index in [-0.39, 0.29) is 29.5 Å². The third kappa shape index (κ3) is 2.49. The van der Waals surface area contributed by atoms with Crippen molar-refractivity contribution in [3.63, 3.8) is 0 Å². The summed E-state index contributed by atoms with van der Waals surface area (Å²) in [6.07, 6.45) is 2.06. The summed E-state index contributed by atoms with van der Waals surface area (Å²) in [5.41, 5.74) is -0.129. The Morgan fingerprint density at radius 2 is 2.28 bits per heavy atom. The number of methoxy groups -OCH3 is 1. The van der Waals surface area contributed by atoms with Gasteiger partial charge < -0.3 is 14.2 Å². The van der Waals surface area contributed by atoms with E-state index in [0.717, 1.165) is 0 Å². The van der Waals surface area contributed by atoms with E-state index >= 15 is 0 Å². The molecular weight excluding hydrogens is 236 g/mol. The van der Waals surface area contributed by atoms with Gasteiger partial charge in [-0.15, -0.1) is 0 Å². The molecule has 1 unspecified atom stereocenters. The first-order valence-corrected chi connectivity index (χ1v) is 6.02. The molecule has 0 N–H and O–H groups in total. The van der Waals surface area contributed by atoms with E-state index in [4.69, 9.17) is 9.47 Å². The maximum Gasteiger partial charge on any atom is 0.313 e. The van der Waals surface area contributed by atoms with Gasteiger partial charge in [0.15, 0.2) is 0 Å². The van der Waals surface area contributed by atoms with Crippen molar-refractivity contribution >= 4 is 11.8 Å². The van der Waals surface area contributed by atoms with Crippen molar-refractivity contribution < 1.29 is 23.8 Å². The summed E-state index contributed by atoms with van der Waals surface area (Å²) >= 11 is 0. The molecule has 0 bridgehead atoms. The zero-order valence-electron chi connectivity index (χ0n) is 10.9. The topological polar surface area (TPSA) is 61.8 Å². The third-order valence-corrected chi connectivity index (χ3v) is 3.58. The molecule has 2 rings (SSSR count). The summed E-state index contributed by atoms with van der Waals surface area (Å²) in [5, 5.41) is 0. The van der Waals surface area contributed by atoms with E-state index in [2.05, 4.69) is 4.74 Å². The Morgan fingerprint density at radius 1 is 1.56 bits per heavy atom. The highest BCUT2D eigenvalue weighted by Gasteiger charge is 2.47. The summed E-state index contributed by atoms with van der Waals surface area (Å²) < 4.78 is 15.6. The van der Waals surface area contributed by atoms with Gasteiger partial charge in [0.2, 0.25) is 6.29 Å². The molecule has 0 aromatic carbocycles. The number of ketones is 1. The van der Waals surface area contributed by atoms with Crippen LogP contribution in [-0.2, 0) is 23.8 Å². The van der Waals surface area contributed by atoms with Crippen molar-refractivity contribution in [2.45, 2.75) is 39.4 Å². The number of carbonyl (C=O) groups excluding carboxylic acids is 2. The molecule has 1 heterocycles. The Morgan fingerprint density at radius 3 is 2.83 bits per heavy atom. The number of hydrogen-bond acceptors (Lipinski definition) is 5. The standard InChI is InChI=1S/C13H18O5/c1-13(2)6-8(14)4-10(13)12-17-7-9(18-12)5-11(15)16-3/h7,10,12H,4-6H2,1-3H3/t10-,12?/m0/s1. The van der Waals surface area contributed by atoms with E-state index in [1.807, 2.05) is 13.8 Å². The minimum Gasteiger partial charge on any atom is -0.469 e. The van der Waals surface area contributed by atoms with Crippen LogP contribution in [0.2, 0.25) is 0 Å². The molecule has 1 aliphatic carbocycles. The van der Waals surface area contributed by atoms with Crippen LogP contribution in [-0.4, -0.2) is 25.2 Å². The molecule has 1 aliphatic heterocycles. The van der Waals surface area contributed by atoms with Gasteiger partial charge in [0.1, 0.15) is 24.2 Å². The van der Waals surface area contributed by atoms with E-state index in [1.54, 1.807) is 0 Å². The lowest BCUT2D eigenvalue weighted by atomic mass is 9.81. The predicted molar refractivity (Wildman–Crippen MR) is 62.2 cm³/mol. The van der Waals surface area contributed by atoms with Crippen LogP contribution in [0.15, 0.2) is 12.0 Å².